The maximum absolute atomic E-state index is 13.0. The molecular weight excluding hydrogens is 330 g/mol. The van der Waals surface area contributed by atoms with Crippen LogP contribution in [0.4, 0.5) is 11.8 Å². The third kappa shape index (κ3) is 3.83. The number of rotatable bonds is 7. The molecule has 2 heterocycles. The minimum Gasteiger partial charge on any atom is -0.392 e. The largest absolute Gasteiger partial charge is 0.392 e. The lowest BCUT2D eigenvalue weighted by atomic mass is 10.1. The summed E-state index contributed by atoms with van der Waals surface area (Å²) in [5, 5.41) is 12.8. The van der Waals surface area contributed by atoms with Crippen LogP contribution >= 0.6 is 0 Å². The summed E-state index contributed by atoms with van der Waals surface area (Å²) in [4.78, 5) is 21.4. The van der Waals surface area contributed by atoms with E-state index in [-0.39, 0.29) is 18.1 Å². The van der Waals surface area contributed by atoms with Crippen LogP contribution in [0.5, 0.6) is 0 Å². The van der Waals surface area contributed by atoms with E-state index in [0.29, 0.717) is 23.3 Å². The molecule has 0 atom stereocenters. The minimum absolute atomic E-state index is 0.00174. The number of hydrogen-bond acceptors (Lipinski definition) is 6. The first-order valence-electron chi connectivity index (χ1n) is 8.71. The molecular formula is C19H23N5O2. The highest BCUT2D eigenvalue weighted by Gasteiger charge is 2.12. The Morgan fingerprint density at radius 1 is 1.15 bits per heavy atom. The van der Waals surface area contributed by atoms with Gasteiger partial charge in [0.1, 0.15) is 11.2 Å². The molecule has 0 aliphatic carbocycles. The molecule has 3 aromatic rings. The van der Waals surface area contributed by atoms with E-state index in [1.807, 2.05) is 24.3 Å². The lowest BCUT2D eigenvalue weighted by Crippen LogP contribution is -2.22. The highest BCUT2D eigenvalue weighted by atomic mass is 16.3. The molecule has 0 amide bonds. The molecule has 7 heteroatoms. The smallest absolute Gasteiger partial charge is 0.264 e. The van der Waals surface area contributed by atoms with Crippen molar-refractivity contribution >= 4 is 22.7 Å². The molecule has 4 N–H and O–H groups in total. The molecule has 3 rings (SSSR count). The van der Waals surface area contributed by atoms with Gasteiger partial charge in [-0.2, -0.15) is 4.98 Å². The zero-order chi connectivity index (χ0) is 18.5. The second-order valence-electron chi connectivity index (χ2n) is 6.19. The minimum atomic E-state index is -0.160. The Hall–Kier alpha value is -2.93. The molecule has 0 saturated carbocycles. The number of hydrogen-bond donors (Lipinski definition) is 3. The number of aromatic nitrogens is 3. The number of nitrogen functional groups attached to an aromatic ring is 1. The van der Waals surface area contributed by atoms with Crippen LogP contribution in [0.25, 0.3) is 10.9 Å². The Kier molecular flexibility index (Phi) is 5.48. The molecule has 2 aromatic heterocycles. The third-order valence-corrected chi connectivity index (χ3v) is 4.22. The topological polar surface area (TPSA) is 106 Å². The van der Waals surface area contributed by atoms with Gasteiger partial charge >= 0.3 is 0 Å². The van der Waals surface area contributed by atoms with Crippen molar-refractivity contribution in [3.05, 3.63) is 58.0 Å². The Bertz CT molecular complexity index is 951. The standard InChI is InChI=1S/C19H23N5O2/c1-2-3-9-21-17-16-15(22-19(20)23-17)8-10-24(18(16)26)11-13-4-6-14(12-25)7-5-13/h4-8,10,25H,2-3,9,11-12H2,1H3,(H3,20,21,22,23). The summed E-state index contributed by atoms with van der Waals surface area (Å²) in [5.41, 5.74) is 7.96. The second-order valence-corrected chi connectivity index (χ2v) is 6.19. The zero-order valence-corrected chi connectivity index (χ0v) is 14.8. The fourth-order valence-electron chi connectivity index (χ4n) is 2.78. The normalized spacial score (nSPS) is 11.0. The summed E-state index contributed by atoms with van der Waals surface area (Å²) >= 11 is 0. The number of fused-ring (bicyclic) bond motifs is 1. The number of pyridine rings is 1. The molecule has 0 bridgehead atoms. The van der Waals surface area contributed by atoms with Crippen LogP contribution in [0.3, 0.4) is 0 Å². The summed E-state index contributed by atoms with van der Waals surface area (Å²) in [5.74, 6) is 0.629. The van der Waals surface area contributed by atoms with Crippen molar-refractivity contribution in [1.29, 1.82) is 0 Å². The molecule has 0 aliphatic rings. The van der Waals surface area contributed by atoms with Crippen molar-refractivity contribution in [2.45, 2.75) is 32.9 Å². The number of nitrogens with two attached hydrogens (primary N) is 1. The van der Waals surface area contributed by atoms with Gasteiger partial charge in [-0.05, 0) is 23.6 Å². The molecule has 0 unspecified atom stereocenters. The first kappa shape index (κ1) is 17.9. The highest BCUT2D eigenvalue weighted by Crippen LogP contribution is 2.18. The van der Waals surface area contributed by atoms with E-state index in [1.54, 1.807) is 16.8 Å². The quantitative estimate of drug-likeness (QED) is 0.562. The summed E-state index contributed by atoms with van der Waals surface area (Å²) in [7, 11) is 0. The van der Waals surface area contributed by atoms with Gasteiger partial charge in [-0.15, -0.1) is 0 Å². The van der Waals surface area contributed by atoms with Crippen LogP contribution < -0.4 is 16.6 Å². The first-order chi connectivity index (χ1) is 12.6. The van der Waals surface area contributed by atoms with Gasteiger partial charge in [-0.3, -0.25) is 4.79 Å². The number of unbranched alkanes of at least 4 members (excludes halogenated alkanes) is 1. The van der Waals surface area contributed by atoms with Crippen molar-refractivity contribution in [2.75, 3.05) is 17.6 Å². The van der Waals surface area contributed by atoms with E-state index in [4.69, 9.17) is 10.8 Å². The number of aliphatic hydroxyl groups is 1. The van der Waals surface area contributed by atoms with Crippen LogP contribution in [-0.2, 0) is 13.2 Å². The van der Waals surface area contributed by atoms with Gasteiger partial charge in [0.05, 0.1) is 18.7 Å². The molecule has 0 saturated heterocycles. The van der Waals surface area contributed by atoms with Crippen LogP contribution in [0.1, 0.15) is 30.9 Å². The number of anilines is 2. The van der Waals surface area contributed by atoms with E-state index < -0.39 is 0 Å². The Labute approximate surface area is 151 Å². The van der Waals surface area contributed by atoms with Crippen molar-refractivity contribution < 1.29 is 5.11 Å². The SMILES string of the molecule is CCCCNc1nc(N)nc2ccn(Cc3ccc(CO)cc3)c(=O)c12. The Balaban J connectivity index is 1.98. The van der Waals surface area contributed by atoms with Crippen molar-refractivity contribution in [2.24, 2.45) is 0 Å². The molecule has 0 spiro atoms. The molecule has 0 radical (unpaired) electrons. The number of aliphatic hydroxyl groups excluding tert-OH is 1. The molecule has 0 aliphatic heterocycles. The average Bonchev–Trinajstić information content (AvgIpc) is 2.64. The number of benzene rings is 1. The Morgan fingerprint density at radius 3 is 2.58 bits per heavy atom. The van der Waals surface area contributed by atoms with Gasteiger partial charge in [0.2, 0.25) is 5.95 Å². The van der Waals surface area contributed by atoms with E-state index in [9.17, 15) is 4.79 Å². The predicted molar refractivity (Wildman–Crippen MR) is 103 cm³/mol. The summed E-state index contributed by atoms with van der Waals surface area (Å²) < 4.78 is 1.63. The van der Waals surface area contributed by atoms with E-state index in [1.165, 1.54) is 0 Å². The second kappa shape index (κ2) is 7.97. The van der Waals surface area contributed by atoms with E-state index in [2.05, 4.69) is 22.2 Å². The van der Waals surface area contributed by atoms with Crippen LogP contribution in [0, 0.1) is 0 Å². The maximum Gasteiger partial charge on any atom is 0.264 e. The van der Waals surface area contributed by atoms with Gasteiger partial charge < -0.3 is 20.7 Å². The maximum atomic E-state index is 13.0. The van der Waals surface area contributed by atoms with Crippen LogP contribution in [0.15, 0.2) is 41.3 Å². The third-order valence-electron chi connectivity index (χ3n) is 4.22. The lowest BCUT2D eigenvalue weighted by molar-refractivity contribution is 0.282. The molecule has 1 aromatic carbocycles. The number of nitrogens with zero attached hydrogens (tertiary/aromatic N) is 3. The lowest BCUT2D eigenvalue weighted by Gasteiger charge is -2.11. The number of nitrogens with one attached hydrogen (secondary N) is 1. The van der Waals surface area contributed by atoms with Crippen molar-refractivity contribution in [1.82, 2.24) is 14.5 Å². The fraction of sp³-hybridized carbons (Fsp3) is 0.316. The summed E-state index contributed by atoms with van der Waals surface area (Å²) in [6.07, 6.45) is 3.73. The van der Waals surface area contributed by atoms with Crippen molar-refractivity contribution in [3.63, 3.8) is 0 Å². The molecule has 26 heavy (non-hydrogen) atoms. The average molecular weight is 353 g/mol. The van der Waals surface area contributed by atoms with Gasteiger partial charge in [0, 0.05) is 12.7 Å². The fourth-order valence-corrected chi connectivity index (χ4v) is 2.78. The molecule has 7 nitrogen and oxygen atoms in total. The van der Waals surface area contributed by atoms with Gasteiger partial charge in [0.15, 0.2) is 0 Å². The van der Waals surface area contributed by atoms with Crippen LogP contribution in [-0.4, -0.2) is 26.2 Å². The van der Waals surface area contributed by atoms with Gasteiger partial charge in [-0.1, -0.05) is 37.6 Å². The molecule has 136 valence electrons. The monoisotopic (exact) mass is 353 g/mol. The van der Waals surface area contributed by atoms with Crippen molar-refractivity contribution in [3.8, 4) is 0 Å². The predicted octanol–water partition coefficient (Wildman–Crippen LogP) is 2.13. The summed E-state index contributed by atoms with van der Waals surface area (Å²) in [6, 6.07) is 9.29. The van der Waals surface area contributed by atoms with Gasteiger partial charge in [0.25, 0.3) is 5.56 Å². The van der Waals surface area contributed by atoms with E-state index in [0.717, 1.165) is 30.5 Å². The first-order valence-corrected chi connectivity index (χ1v) is 8.71. The Morgan fingerprint density at radius 2 is 1.88 bits per heavy atom. The zero-order valence-electron chi connectivity index (χ0n) is 14.8. The highest BCUT2D eigenvalue weighted by molar-refractivity contribution is 5.89. The van der Waals surface area contributed by atoms with Crippen LogP contribution in [0.2, 0.25) is 0 Å². The molecule has 0 fully saturated rings. The van der Waals surface area contributed by atoms with E-state index >= 15 is 0 Å². The summed E-state index contributed by atoms with van der Waals surface area (Å²) in [6.45, 7) is 3.25. The van der Waals surface area contributed by atoms with Gasteiger partial charge in [-0.25, -0.2) is 4.98 Å².